The molecule has 0 aliphatic carbocycles. The van der Waals surface area contributed by atoms with Crippen molar-refractivity contribution in [3.05, 3.63) is 24.3 Å². The quantitative estimate of drug-likeness (QED) is 0.688. The standard InChI is InChI=1S/C10H15N7O2S/c1-3-12-8-4-5-11-6-9(8)20(18,19)15-7(2)10-13-16-17-14-10/h4-7,15H,3H2,1-2H3,(H,11,12)(H,13,14,16,17). The number of pyridine rings is 1. The Balaban J connectivity index is 2.27. The molecule has 2 aromatic rings. The van der Waals surface area contributed by atoms with Gasteiger partial charge in [-0.05, 0) is 19.9 Å². The Morgan fingerprint density at radius 3 is 2.90 bits per heavy atom. The van der Waals surface area contributed by atoms with Gasteiger partial charge in [0.25, 0.3) is 0 Å². The topological polar surface area (TPSA) is 126 Å². The summed E-state index contributed by atoms with van der Waals surface area (Å²) >= 11 is 0. The fourth-order valence-electron chi connectivity index (χ4n) is 1.63. The molecule has 0 amide bonds. The summed E-state index contributed by atoms with van der Waals surface area (Å²) in [5, 5.41) is 16.2. The number of nitrogens with zero attached hydrogens (tertiary/aromatic N) is 4. The summed E-state index contributed by atoms with van der Waals surface area (Å²) in [7, 11) is -3.74. The fraction of sp³-hybridized carbons (Fsp3) is 0.400. The van der Waals surface area contributed by atoms with Crippen molar-refractivity contribution in [3.8, 4) is 0 Å². The average molecular weight is 297 g/mol. The highest BCUT2D eigenvalue weighted by atomic mass is 32.2. The van der Waals surface area contributed by atoms with Crippen LogP contribution in [0.2, 0.25) is 0 Å². The highest BCUT2D eigenvalue weighted by Crippen LogP contribution is 2.21. The molecule has 0 aliphatic rings. The molecule has 1 atom stereocenters. The molecule has 0 radical (unpaired) electrons. The Morgan fingerprint density at radius 1 is 1.45 bits per heavy atom. The van der Waals surface area contributed by atoms with Crippen LogP contribution in [0.15, 0.2) is 23.4 Å². The predicted molar refractivity (Wildman–Crippen MR) is 71.3 cm³/mol. The molecule has 2 rings (SSSR count). The third-order valence-electron chi connectivity index (χ3n) is 2.52. The van der Waals surface area contributed by atoms with E-state index in [-0.39, 0.29) is 10.7 Å². The molecule has 0 aliphatic heterocycles. The summed E-state index contributed by atoms with van der Waals surface area (Å²) in [6.07, 6.45) is 2.82. The van der Waals surface area contributed by atoms with Crippen molar-refractivity contribution < 1.29 is 8.42 Å². The van der Waals surface area contributed by atoms with E-state index in [1.807, 2.05) is 6.92 Å². The third kappa shape index (κ3) is 3.08. The Labute approximate surface area is 116 Å². The molecule has 0 bridgehead atoms. The second-order valence-electron chi connectivity index (χ2n) is 4.02. The lowest BCUT2D eigenvalue weighted by Crippen LogP contribution is -2.28. The van der Waals surface area contributed by atoms with Crippen LogP contribution >= 0.6 is 0 Å². The summed E-state index contributed by atoms with van der Waals surface area (Å²) in [4.78, 5) is 3.94. The summed E-state index contributed by atoms with van der Waals surface area (Å²) in [5.74, 6) is 0.266. The smallest absolute Gasteiger partial charge is 0.244 e. The first-order chi connectivity index (χ1) is 9.54. The van der Waals surface area contributed by atoms with Crippen LogP contribution in [-0.4, -0.2) is 40.6 Å². The maximum atomic E-state index is 12.4. The Bertz CT molecular complexity index is 656. The largest absolute Gasteiger partial charge is 0.384 e. The number of anilines is 1. The number of hydrogen-bond acceptors (Lipinski definition) is 7. The summed E-state index contributed by atoms with van der Waals surface area (Å²) in [5.41, 5.74) is 0.496. The number of sulfonamides is 1. The molecule has 108 valence electrons. The molecule has 20 heavy (non-hydrogen) atoms. The molecule has 0 fully saturated rings. The van der Waals surface area contributed by atoms with Gasteiger partial charge in [-0.25, -0.2) is 13.1 Å². The van der Waals surface area contributed by atoms with E-state index in [1.165, 1.54) is 12.4 Å². The lowest BCUT2D eigenvalue weighted by molar-refractivity contribution is 0.560. The second-order valence-corrected chi connectivity index (χ2v) is 5.70. The van der Waals surface area contributed by atoms with Crippen molar-refractivity contribution in [3.63, 3.8) is 0 Å². The van der Waals surface area contributed by atoms with Gasteiger partial charge in [-0.15, -0.1) is 10.2 Å². The molecule has 0 saturated heterocycles. The molecule has 10 heteroatoms. The van der Waals surface area contributed by atoms with Crippen molar-refractivity contribution in [2.45, 2.75) is 24.8 Å². The van der Waals surface area contributed by atoms with Gasteiger partial charge >= 0.3 is 0 Å². The number of rotatable bonds is 6. The predicted octanol–water partition coefficient (Wildman–Crippen LogP) is 0.0660. The van der Waals surface area contributed by atoms with Crippen molar-refractivity contribution >= 4 is 15.7 Å². The van der Waals surface area contributed by atoms with Gasteiger partial charge in [-0.2, -0.15) is 5.21 Å². The highest BCUT2D eigenvalue weighted by molar-refractivity contribution is 7.89. The van der Waals surface area contributed by atoms with E-state index in [4.69, 9.17) is 0 Å². The Hall–Kier alpha value is -2.07. The zero-order valence-electron chi connectivity index (χ0n) is 11.0. The molecule has 2 heterocycles. The number of nitrogens with one attached hydrogen (secondary N) is 3. The molecule has 1 unspecified atom stereocenters. The Kier molecular flexibility index (Phi) is 4.25. The highest BCUT2D eigenvalue weighted by Gasteiger charge is 2.23. The van der Waals surface area contributed by atoms with E-state index in [9.17, 15) is 8.42 Å². The van der Waals surface area contributed by atoms with Crippen LogP contribution in [0.4, 0.5) is 5.69 Å². The van der Waals surface area contributed by atoms with Gasteiger partial charge in [0.2, 0.25) is 10.0 Å². The maximum absolute atomic E-state index is 12.4. The first-order valence-electron chi connectivity index (χ1n) is 5.98. The van der Waals surface area contributed by atoms with Gasteiger partial charge in [0.1, 0.15) is 4.90 Å². The van der Waals surface area contributed by atoms with E-state index < -0.39 is 16.1 Å². The molecule has 0 saturated carbocycles. The van der Waals surface area contributed by atoms with Crippen LogP contribution in [0.5, 0.6) is 0 Å². The molecule has 3 N–H and O–H groups in total. The minimum absolute atomic E-state index is 0.0807. The van der Waals surface area contributed by atoms with Crippen molar-refractivity contribution in [1.29, 1.82) is 0 Å². The maximum Gasteiger partial charge on any atom is 0.244 e. The first kappa shape index (κ1) is 14.3. The SMILES string of the molecule is CCNc1ccncc1S(=O)(=O)NC(C)c1nn[nH]n1. The molecule has 0 aromatic carbocycles. The van der Waals surface area contributed by atoms with Crippen molar-refractivity contribution in [2.75, 3.05) is 11.9 Å². The zero-order chi connectivity index (χ0) is 14.6. The second kappa shape index (κ2) is 5.92. The number of aromatic nitrogens is 5. The summed E-state index contributed by atoms with van der Waals surface area (Å²) < 4.78 is 27.2. The Morgan fingerprint density at radius 2 is 2.25 bits per heavy atom. The monoisotopic (exact) mass is 297 g/mol. The van der Waals surface area contributed by atoms with E-state index in [1.54, 1.807) is 13.0 Å². The normalized spacial score (nSPS) is 13.1. The van der Waals surface area contributed by atoms with Gasteiger partial charge in [0, 0.05) is 18.9 Å². The lowest BCUT2D eigenvalue weighted by Gasteiger charge is -2.14. The van der Waals surface area contributed by atoms with Crippen LogP contribution in [-0.2, 0) is 10.0 Å². The summed E-state index contributed by atoms with van der Waals surface area (Å²) in [6.45, 7) is 4.12. The fourth-order valence-corrected chi connectivity index (χ4v) is 2.96. The van der Waals surface area contributed by atoms with Gasteiger partial charge in [-0.3, -0.25) is 4.98 Å². The number of tetrazole rings is 1. The van der Waals surface area contributed by atoms with Crippen molar-refractivity contribution in [2.24, 2.45) is 0 Å². The number of H-pyrrole nitrogens is 1. The van der Waals surface area contributed by atoms with E-state index >= 15 is 0 Å². The molecule has 9 nitrogen and oxygen atoms in total. The lowest BCUT2D eigenvalue weighted by atomic mass is 10.4. The minimum atomic E-state index is -3.74. The van der Waals surface area contributed by atoms with Crippen LogP contribution in [0.3, 0.4) is 0 Å². The first-order valence-corrected chi connectivity index (χ1v) is 7.46. The van der Waals surface area contributed by atoms with Gasteiger partial charge in [0.05, 0.1) is 11.7 Å². The van der Waals surface area contributed by atoms with Crippen LogP contribution in [0.25, 0.3) is 0 Å². The van der Waals surface area contributed by atoms with Crippen molar-refractivity contribution in [1.82, 2.24) is 30.3 Å². The van der Waals surface area contributed by atoms with Gasteiger partial charge in [0.15, 0.2) is 5.82 Å². The van der Waals surface area contributed by atoms with E-state index in [2.05, 4.69) is 35.6 Å². The number of aromatic amines is 1. The van der Waals surface area contributed by atoms with Crippen LogP contribution in [0.1, 0.15) is 25.7 Å². The van der Waals surface area contributed by atoms with Gasteiger partial charge in [-0.1, -0.05) is 5.21 Å². The zero-order valence-corrected chi connectivity index (χ0v) is 11.8. The van der Waals surface area contributed by atoms with Crippen LogP contribution < -0.4 is 10.0 Å². The van der Waals surface area contributed by atoms with E-state index in [0.29, 0.717) is 12.2 Å². The third-order valence-corrected chi connectivity index (χ3v) is 4.09. The van der Waals surface area contributed by atoms with Gasteiger partial charge < -0.3 is 5.32 Å². The number of hydrogen-bond donors (Lipinski definition) is 3. The average Bonchev–Trinajstić information content (AvgIpc) is 2.93. The van der Waals surface area contributed by atoms with E-state index in [0.717, 1.165) is 0 Å². The van der Waals surface area contributed by atoms with Crippen LogP contribution in [0, 0.1) is 0 Å². The molecule has 2 aromatic heterocycles. The minimum Gasteiger partial charge on any atom is -0.384 e. The molecular weight excluding hydrogens is 282 g/mol. The molecular formula is C10H15N7O2S. The molecule has 0 spiro atoms. The summed E-state index contributed by atoms with van der Waals surface area (Å²) in [6, 6.07) is 1.00.